The normalized spacial score (nSPS) is 15.9. The number of pyridine rings is 1. The van der Waals surface area contributed by atoms with Crippen molar-refractivity contribution in [2.75, 3.05) is 12.4 Å². The maximum Gasteiger partial charge on any atom is 0.338 e. The van der Waals surface area contributed by atoms with Crippen molar-refractivity contribution in [2.45, 2.75) is 31.7 Å². The molecule has 2 aromatic rings. The van der Waals surface area contributed by atoms with E-state index in [1.165, 1.54) is 23.1 Å². The van der Waals surface area contributed by atoms with Crippen LogP contribution < -0.4 is 11.5 Å². The highest BCUT2D eigenvalue weighted by atomic mass is 32.2. The Kier molecular flexibility index (Phi) is 7.22. The number of primary amides is 1. The molecule has 0 saturated carbocycles. The zero-order valence-corrected chi connectivity index (χ0v) is 19.4. The number of aromatic nitrogens is 1. The fourth-order valence-electron chi connectivity index (χ4n) is 3.44. The minimum atomic E-state index is -0.703. The lowest BCUT2D eigenvalue weighted by Gasteiger charge is -2.27. The summed E-state index contributed by atoms with van der Waals surface area (Å²) in [5.41, 5.74) is 13.7. The van der Waals surface area contributed by atoms with Gasteiger partial charge in [0, 0.05) is 10.6 Å². The number of carbonyl (C=O) groups excluding carboxylic acids is 2. The third kappa shape index (κ3) is 4.64. The molecule has 0 aliphatic carbocycles. The van der Waals surface area contributed by atoms with Gasteiger partial charge in [0.2, 0.25) is 5.88 Å². The van der Waals surface area contributed by atoms with Gasteiger partial charge in [-0.3, -0.25) is 4.79 Å². The lowest BCUT2D eigenvalue weighted by Crippen LogP contribution is -2.26. The predicted molar refractivity (Wildman–Crippen MR) is 122 cm³/mol. The summed E-state index contributed by atoms with van der Waals surface area (Å²) in [5, 5.41) is 12.0. The molecule has 1 unspecified atom stereocenters. The molecule has 32 heavy (non-hydrogen) atoms. The summed E-state index contributed by atoms with van der Waals surface area (Å²) < 4.78 is 11.0. The van der Waals surface area contributed by atoms with Gasteiger partial charge in [-0.25, -0.2) is 9.78 Å². The molecular weight excluding hydrogens is 448 g/mol. The lowest BCUT2D eigenvalue weighted by atomic mass is 9.87. The van der Waals surface area contributed by atoms with Crippen LogP contribution in [0.3, 0.4) is 0 Å². The van der Waals surface area contributed by atoms with E-state index in [-0.39, 0.29) is 35.1 Å². The Morgan fingerprint density at radius 1 is 1.41 bits per heavy atom. The van der Waals surface area contributed by atoms with Crippen LogP contribution in [0.2, 0.25) is 0 Å². The van der Waals surface area contributed by atoms with E-state index in [1.807, 2.05) is 24.4 Å². The van der Waals surface area contributed by atoms with Gasteiger partial charge in [-0.1, -0.05) is 17.8 Å². The van der Waals surface area contributed by atoms with Gasteiger partial charge in [0.1, 0.15) is 22.4 Å². The summed E-state index contributed by atoms with van der Waals surface area (Å²) in [6.45, 7) is 5.46. The van der Waals surface area contributed by atoms with Crippen LogP contribution in [0.4, 0.5) is 0 Å². The highest BCUT2D eigenvalue weighted by molar-refractivity contribution is 7.99. The number of nitrogens with two attached hydrogens (primary N) is 2. The molecule has 3 heterocycles. The van der Waals surface area contributed by atoms with E-state index < -0.39 is 17.8 Å². The first-order chi connectivity index (χ1) is 15.3. The first-order valence-corrected chi connectivity index (χ1v) is 11.6. The average molecular weight is 471 g/mol. The van der Waals surface area contributed by atoms with Crippen LogP contribution in [0.1, 0.15) is 39.3 Å². The summed E-state index contributed by atoms with van der Waals surface area (Å²) in [7, 11) is 0. The van der Waals surface area contributed by atoms with Crippen LogP contribution in [0.25, 0.3) is 0 Å². The van der Waals surface area contributed by atoms with Crippen molar-refractivity contribution < 1.29 is 19.1 Å². The molecule has 1 atom stereocenters. The molecule has 2 aromatic heterocycles. The zero-order chi connectivity index (χ0) is 23.4. The van der Waals surface area contributed by atoms with Crippen molar-refractivity contribution in [3.05, 3.63) is 68.1 Å². The van der Waals surface area contributed by atoms with Gasteiger partial charge in [-0.2, -0.15) is 5.26 Å². The van der Waals surface area contributed by atoms with Crippen LogP contribution >= 0.6 is 23.1 Å². The van der Waals surface area contributed by atoms with E-state index in [2.05, 4.69) is 11.1 Å². The Balaban J connectivity index is 2.08. The van der Waals surface area contributed by atoms with Crippen LogP contribution in [0.15, 0.2) is 51.4 Å². The third-order valence-corrected chi connectivity index (χ3v) is 6.63. The number of ether oxygens (including phenoxy) is 2. The van der Waals surface area contributed by atoms with Crippen LogP contribution in [0.5, 0.6) is 0 Å². The van der Waals surface area contributed by atoms with E-state index in [0.29, 0.717) is 16.2 Å². The second kappa shape index (κ2) is 9.89. The molecule has 4 N–H and O–H groups in total. The van der Waals surface area contributed by atoms with Crippen molar-refractivity contribution in [2.24, 2.45) is 11.5 Å². The second-order valence-electron chi connectivity index (χ2n) is 6.91. The number of aryl methyl sites for hydroxylation is 2. The number of amides is 1. The topological polar surface area (TPSA) is 141 Å². The maximum absolute atomic E-state index is 12.9. The van der Waals surface area contributed by atoms with Crippen molar-refractivity contribution in [1.29, 1.82) is 5.26 Å². The largest absolute Gasteiger partial charge is 0.463 e. The number of nitriles is 1. The summed E-state index contributed by atoms with van der Waals surface area (Å²) in [6, 6.07) is 7.50. The van der Waals surface area contributed by atoms with Gasteiger partial charge >= 0.3 is 5.97 Å². The fourth-order valence-corrected chi connectivity index (χ4v) is 5.38. The maximum atomic E-state index is 12.9. The average Bonchev–Trinajstić information content (AvgIpc) is 3.25. The van der Waals surface area contributed by atoms with Gasteiger partial charge in [-0.05, 0) is 43.8 Å². The quantitative estimate of drug-likeness (QED) is 0.464. The Hall–Kier alpha value is -3.29. The number of thiophene rings is 1. The molecule has 166 valence electrons. The number of thioether (sulfide) groups is 1. The van der Waals surface area contributed by atoms with Crippen molar-refractivity contribution in [1.82, 2.24) is 4.98 Å². The van der Waals surface area contributed by atoms with Crippen molar-refractivity contribution in [3.63, 3.8) is 0 Å². The van der Waals surface area contributed by atoms with E-state index in [9.17, 15) is 14.9 Å². The first kappa shape index (κ1) is 23.4. The zero-order valence-electron chi connectivity index (χ0n) is 17.8. The molecule has 1 amide bonds. The fraction of sp³-hybridized carbons (Fsp3) is 0.273. The molecule has 0 spiro atoms. The molecule has 0 aromatic carbocycles. The molecule has 10 heteroatoms. The molecule has 0 fully saturated rings. The summed E-state index contributed by atoms with van der Waals surface area (Å²) in [5.74, 6) is -1.58. The number of nitrogens with zero attached hydrogens (tertiary/aromatic N) is 2. The molecule has 1 aliphatic heterocycles. The number of hydrogen-bond acceptors (Lipinski definition) is 9. The Labute approximate surface area is 193 Å². The van der Waals surface area contributed by atoms with Crippen LogP contribution in [-0.4, -0.2) is 29.2 Å². The highest BCUT2D eigenvalue weighted by Gasteiger charge is 2.38. The number of carbonyl (C=O) groups is 2. The van der Waals surface area contributed by atoms with Crippen molar-refractivity contribution in [3.8, 4) is 6.07 Å². The molecule has 0 radical (unpaired) electrons. The van der Waals surface area contributed by atoms with Crippen LogP contribution in [-0.2, 0) is 14.3 Å². The number of hydrogen-bond donors (Lipinski definition) is 2. The second-order valence-corrected chi connectivity index (χ2v) is 8.85. The van der Waals surface area contributed by atoms with Crippen LogP contribution in [0, 0.1) is 25.2 Å². The van der Waals surface area contributed by atoms with Gasteiger partial charge < -0.3 is 20.9 Å². The number of rotatable bonds is 7. The predicted octanol–water partition coefficient (Wildman–Crippen LogP) is 3.28. The minimum Gasteiger partial charge on any atom is -0.463 e. The molecule has 0 saturated heterocycles. The van der Waals surface area contributed by atoms with Gasteiger partial charge in [0.05, 0.1) is 29.4 Å². The van der Waals surface area contributed by atoms with E-state index in [4.69, 9.17) is 20.9 Å². The molecule has 8 nitrogen and oxygen atoms in total. The smallest absolute Gasteiger partial charge is 0.338 e. The molecular formula is C22H22N4O4S2. The molecule has 3 rings (SSSR count). The monoisotopic (exact) mass is 470 g/mol. The van der Waals surface area contributed by atoms with Gasteiger partial charge in [-0.15, -0.1) is 11.3 Å². The Bertz CT molecular complexity index is 1160. The third-order valence-electron chi connectivity index (χ3n) is 4.72. The van der Waals surface area contributed by atoms with Gasteiger partial charge in [0.25, 0.3) is 5.91 Å². The lowest BCUT2D eigenvalue weighted by molar-refractivity contribution is -0.139. The summed E-state index contributed by atoms with van der Waals surface area (Å²) in [6.07, 6.45) is 0. The first-order valence-electron chi connectivity index (χ1n) is 9.70. The summed E-state index contributed by atoms with van der Waals surface area (Å²) in [4.78, 5) is 30.1. The summed E-state index contributed by atoms with van der Waals surface area (Å²) >= 11 is 2.60. The number of allylic oxidation sites excluding steroid dienone is 1. The Morgan fingerprint density at radius 3 is 2.75 bits per heavy atom. The Morgan fingerprint density at radius 2 is 2.16 bits per heavy atom. The number of esters is 1. The van der Waals surface area contributed by atoms with Crippen molar-refractivity contribution >= 4 is 35.0 Å². The highest BCUT2D eigenvalue weighted by Crippen LogP contribution is 2.42. The van der Waals surface area contributed by atoms with Gasteiger partial charge in [0.15, 0.2) is 0 Å². The molecule has 1 aliphatic rings. The van der Waals surface area contributed by atoms with E-state index >= 15 is 0 Å². The van der Waals surface area contributed by atoms with E-state index in [1.54, 1.807) is 19.9 Å². The van der Waals surface area contributed by atoms with E-state index in [0.717, 1.165) is 10.6 Å². The standard InChI is InChI=1S/C22H22N4O4S2/c1-4-29-22(28)18-14(10-32-21-16(19(24)27)11(2)8-12(3)26-21)30-20(25)13(9-23)17(18)15-6-5-7-31-15/h5-8,17H,4,10,25H2,1-3H3,(H2,24,27). The molecule has 0 bridgehead atoms. The SMILES string of the molecule is CCOC(=O)C1=C(CSc2nc(C)cc(C)c2C(N)=O)OC(N)=C(C#N)C1c1cccs1. The minimum absolute atomic E-state index is 0.0712.